The van der Waals surface area contributed by atoms with Gasteiger partial charge in [0, 0.05) is 0 Å². The molecule has 0 heterocycles. The van der Waals surface area contributed by atoms with E-state index in [1.54, 1.807) is 24.8 Å². The average molecular weight is 200 g/mol. The molecule has 5 aliphatic rings. The maximum Gasteiger partial charge on any atom is -0.00740 e. The Morgan fingerprint density at radius 1 is 0.933 bits per heavy atom. The quantitative estimate of drug-likeness (QED) is 0.598. The summed E-state index contributed by atoms with van der Waals surface area (Å²) in [5, 5.41) is 0. The fourth-order valence-electron chi connectivity index (χ4n) is 5.34. The van der Waals surface area contributed by atoms with E-state index < -0.39 is 0 Å². The zero-order chi connectivity index (χ0) is 9.88. The molecule has 0 aromatic carbocycles. The van der Waals surface area contributed by atoms with Crippen LogP contribution >= 0.6 is 0 Å². The lowest BCUT2D eigenvalue weighted by atomic mass is 9.47. The monoisotopic (exact) mass is 200 g/mol. The van der Waals surface area contributed by atoms with E-state index in [1.165, 1.54) is 25.7 Å². The first-order chi connectivity index (χ1) is 7.34. The second-order valence-electron chi connectivity index (χ2n) is 6.52. The van der Waals surface area contributed by atoms with Gasteiger partial charge in [-0.15, -0.1) is 0 Å². The molecule has 4 bridgehead atoms. The molecule has 0 spiro atoms. The van der Waals surface area contributed by atoms with Crippen LogP contribution in [-0.4, -0.2) is 0 Å². The first-order valence-corrected chi connectivity index (χ1v) is 6.70. The Morgan fingerprint density at radius 2 is 1.53 bits per heavy atom. The van der Waals surface area contributed by atoms with Crippen LogP contribution in [0.25, 0.3) is 0 Å². The van der Waals surface area contributed by atoms with Gasteiger partial charge in [0.1, 0.15) is 0 Å². The lowest BCUT2D eigenvalue weighted by molar-refractivity contribution is -0.0311. The van der Waals surface area contributed by atoms with Crippen LogP contribution < -0.4 is 0 Å². The molecule has 0 nitrogen and oxygen atoms in total. The van der Waals surface area contributed by atoms with Crippen molar-refractivity contribution >= 4 is 0 Å². The molecule has 0 atom stereocenters. The second-order valence-corrected chi connectivity index (χ2v) is 6.52. The van der Waals surface area contributed by atoms with Crippen molar-refractivity contribution in [2.45, 2.75) is 44.9 Å². The molecule has 4 fully saturated rings. The Bertz CT molecular complexity index is 310. The van der Waals surface area contributed by atoms with E-state index in [0.29, 0.717) is 5.41 Å². The fourth-order valence-corrected chi connectivity index (χ4v) is 5.34. The van der Waals surface area contributed by atoms with E-state index in [1.807, 2.05) is 0 Å². The molecular formula is C15H20. The topological polar surface area (TPSA) is 0 Å². The largest absolute Gasteiger partial charge is 0.0804 e. The van der Waals surface area contributed by atoms with E-state index in [2.05, 4.69) is 18.2 Å². The smallest absolute Gasteiger partial charge is 0.00740 e. The zero-order valence-electron chi connectivity index (χ0n) is 9.41. The van der Waals surface area contributed by atoms with Crippen LogP contribution in [0.15, 0.2) is 23.8 Å². The van der Waals surface area contributed by atoms with Gasteiger partial charge in [-0.25, -0.2) is 0 Å². The average Bonchev–Trinajstić information content (AvgIpc) is 2.67. The number of hydrogen-bond acceptors (Lipinski definition) is 0. The summed E-state index contributed by atoms with van der Waals surface area (Å²) in [4.78, 5) is 0. The SMILES string of the molecule is C1=CCC(C23CC4CC(CC(C4)C2)C3)=C1. The van der Waals surface area contributed by atoms with E-state index in [9.17, 15) is 0 Å². The standard InChI is InChI=1S/C15H20/c1-2-4-14(3-1)15-8-11-5-12(9-15)7-13(6-11)10-15/h1-3,11-13H,4-10H2. The Balaban J connectivity index is 1.71. The van der Waals surface area contributed by atoms with Crippen molar-refractivity contribution in [3.05, 3.63) is 23.8 Å². The van der Waals surface area contributed by atoms with Gasteiger partial charge in [0.25, 0.3) is 0 Å². The van der Waals surface area contributed by atoms with E-state index >= 15 is 0 Å². The van der Waals surface area contributed by atoms with Gasteiger partial charge in [0.15, 0.2) is 0 Å². The van der Waals surface area contributed by atoms with Crippen molar-refractivity contribution in [1.29, 1.82) is 0 Å². The third kappa shape index (κ3) is 1.14. The van der Waals surface area contributed by atoms with Gasteiger partial charge in [-0.1, -0.05) is 23.8 Å². The maximum absolute atomic E-state index is 2.44. The summed E-state index contributed by atoms with van der Waals surface area (Å²) in [5.74, 6) is 3.29. The molecule has 80 valence electrons. The summed E-state index contributed by atoms with van der Waals surface area (Å²) in [6, 6.07) is 0. The van der Waals surface area contributed by atoms with Crippen LogP contribution in [-0.2, 0) is 0 Å². The molecule has 4 saturated carbocycles. The number of allylic oxidation sites excluding steroid dienone is 4. The lowest BCUT2D eigenvalue weighted by Gasteiger charge is -2.57. The first kappa shape index (κ1) is 8.61. The molecule has 0 radical (unpaired) electrons. The molecule has 15 heavy (non-hydrogen) atoms. The highest BCUT2D eigenvalue weighted by Gasteiger charge is 2.52. The number of rotatable bonds is 1. The summed E-state index contributed by atoms with van der Waals surface area (Å²) in [7, 11) is 0. The summed E-state index contributed by atoms with van der Waals surface area (Å²) < 4.78 is 0. The van der Waals surface area contributed by atoms with Crippen molar-refractivity contribution in [1.82, 2.24) is 0 Å². The zero-order valence-corrected chi connectivity index (χ0v) is 9.41. The van der Waals surface area contributed by atoms with Crippen LogP contribution in [0.4, 0.5) is 0 Å². The Morgan fingerprint density at radius 3 is 2.00 bits per heavy atom. The van der Waals surface area contributed by atoms with Crippen molar-refractivity contribution in [3.63, 3.8) is 0 Å². The van der Waals surface area contributed by atoms with Gasteiger partial charge in [-0.2, -0.15) is 0 Å². The summed E-state index contributed by atoms with van der Waals surface area (Å²) in [6.07, 6.45) is 17.7. The molecule has 0 aromatic heterocycles. The van der Waals surface area contributed by atoms with Gasteiger partial charge < -0.3 is 0 Å². The molecule has 0 aliphatic heterocycles. The van der Waals surface area contributed by atoms with E-state index in [0.717, 1.165) is 17.8 Å². The maximum atomic E-state index is 2.44. The van der Waals surface area contributed by atoms with Crippen LogP contribution in [0.2, 0.25) is 0 Å². The molecule has 0 heteroatoms. The number of hydrogen-bond donors (Lipinski definition) is 0. The van der Waals surface area contributed by atoms with E-state index in [4.69, 9.17) is 0 Å². The highest BCUT2D eigenvalue weighted by Crippen LogP contribution is 2.63. The molecule has 0 amide bonds. The van der Waals surface area contributed by atoms with Gasteiger partial charge in [0.05, 0.1) is 0 Å². The van der Waals surface area contributed by atoms with Crippen molar-refractivity contribution in [2.24, 2.45) is 23.2 Å². The van der Waals surface area contributed by atoms with Crippen molar-refractivity contribution in [3.8, 4) is 0 Å². The molecule has 0 aromatic rings. The van der Waals surface area contributed by atoms with Crippen molar-refractivity contribution in [2.75, 3.05) is 0 Å². The van der Waals surface area contributed by atoms with Crippen LogP contribution in [0.1, 0.15) is 44.9 Å². The Kier molecular flexibility index (Phi) is 1.60. The van der Waals surface area contributed by atoms with E-state index in [-0.39, 0.29) is 0 Å². The van der Waals surface area contributed by atoms with Crippen LogP contribution in [0, 0.1) is 23.2 Å². The highest BCUT2D eigenvalue weighted by molar-refractivity contribution is 5.31. The second kappa shape index (κ2) is 2.78. The molecular weight excluding hydrogens is 180 g/mol. The van der Waals surface area contributed by atoms with Crippen LogP contribution in [0.5, 0.6) is 0 Å². The highest BCUT2D eigenvalue weighted by atomic mass is 14.6. The molecule has 0 unspecified atom stereocenters. The molecule has 0 N–H and O–H groups in total. The predicted octanol–water partition coefficient (Wildman–Crippen LogP) is 4.09. The lowest BCUT2D eigenvalue weighted by Crippen LogP contribution is -2.46. The minimum atomic E-state index is 0.679. The third-order valence-electron chi connectivity index (χ3n) is 5.49. The van der Waals surface area contributed by atoms with Gasteiger partial charge in [0.2, 0.25) is 0 Å². The summed E-state index contributed by atoms with van der Waals surface area (Å²) in [5.41, 5.74) is 2.47. The van der Waals surface area contributed by atoms with Crippen molar-refractivity contribution < 1.29 is 0 Å². The van der Waals surface area contributed by atoms with Crippen LogP contribution in [0.3, 0.4) is 0 Å². The minimum Gasteiger partial charge on any atom is -0.0804 e. The first-order valence-electron chi connectivity index (χ1n) is 6.70. The van der Waals surface area contributed by atoms with Gasteiger partial charge in [-0.3, -0.25) is 0 Å². The normalized spacial score (nSPS) is 51.2. The predicted molar refractivity (Wildman–Crippen MR) is 62.4 cm³/mol. The summed E-state index contributed by atoms with van der Waals surface area (Å²) in [6.45, 7) is 0. The van der Waals surface area contributed by atoms with Gasteiger partial charge >= 0.3 is 0 Å². The molecule has 0 saturated heterocycles. The summed E-state index contributed by atoms with van der Waals surface area (Å²) >= 11 is 0. The third-order valence-corrected chi connectivity index (χ3v) is 5.49. The molecule has 5 aliphatic carbocycles. The molecule has 5 rings (SSSR count). The minimum absolute atomic E-state index is 0.679. The fraction of sp³-hybridized carbons (Fsp3) is 0.733. The Labute approximate surface area is 92.4 Å². The Hall–Kier alpha value is -0.520. The van der Waals surface area contributed by atoms with Gasteiger partial charge in [-0.05, 0) is 68.1 Å².